The first-order chi connectivity index (χ1) is 55.2. The highest BCUT2D eigenvalue weighted by Crippen LogP contribution is 2.38. The Balaban J connectivity index is 1.18. The molecule has 670 valence electrons. The number of aliphatic hydroxyl groups excluding tert-OH is 16. The van der Waals surface area contributed by atoms with Gasteiger partial charge in [0, 0.05) is 26.7 Å². The molecule has 0 bridgehead atoms. The van der Waals surface area contributed by atoms with Gasteiger partial charge in [-0.3, -0.25) is 14.4 Å². The number of rotatable bonds is 59. The molecule has 0 spiro atoms. The molecule has 5 fully saturated rings. The normalized spacial score (nSPS) is 33.1. The van der Waals surface area contributed by atoms with E-state index < -0.39 is 235 Å². The van der Waals surface area contributed by atoms with Gasteiger partial charge < -0.3 is 150 Å². The smallest absolute Gasteiger partial charge is 0.364 e. The van der Waals surface area contributed by atoms with Gasteiger partial charge in [-0.2, -0.15) is 0 Å². The van der Waals surface area contributed by atoms with Crippen LogP contribution in [0.25, 0.3) is 0 Å². The lowest BCUT2D eigenvalue weighted by atomic mass is 9.88. The van der Waals surface area contributed by atoms with Crippen LogP contribution in [0, 0.1) is 0 Å². The molecule has 5 aliphatic heterocycles. The van der Waals surface area contributed by atoms with Crippen molar-refractivity contribution < 1.29 is 153 Å². The van der Waals surface area contributed by atoms with Gasteiger partial charge in [-0.1, -0.05) is 205 Å². The molecule has 5 saturated heterocycles. The summed E-state index contributed by atoms with van der Waals surface area (Å²) in [4.78, 5) is 51.4. The van der Waals surface area contributed by atoms with Crippen LogP contribution >= 0.6 is 0 Å². The minimum Gasteiger partial charge on any atom is -0.477 e. The summed E-state index contributed by atoms with van der Waals surface area (Å²) >= 11 is 0. The van der Waals surface area contributed by atoms with Crippen LogP contribution in [0.4, 0.5) is 0 Å². The molecule has 5 rings (SSSR count). The Hall–Kier alpha value is -3.68. The number of carboxylic acid groups (broad SMARTS) is 1. The van der Waals surface area contributed by atoms with E-state index in [0.29, 0.717) is 12.8 Å². The van der Waals surface area contributed by atoms with Crippen molar-refractivity contribution in [3.05, 3.63) is 24.3 Å². The van der Waals surface area contributed by atoms with Crippen LogP contribution in [0.2, 0.25) is 0 Å². The number of carbonyl (C=O) groups is 4. The first-order valence-electron chi connectivity index (χ1n) is 42.7. The summed E-state index contributed by atoms with van der Waals surface area (Å²) in [7, 11) is 0. The standard InChI is InChI=1S/C81H145N3O31/c1-5-7-9-11-13-15-17-19-20-21-22-23-24-25-26-27-28-30-32-34-36-38-40-42-60(94)84-52(53(91)41-39-37-35-33-31-29-18-16-14-12-10-8-6-2)48-106-77-70(102)68(100)73(58(47-88)110-77)113-79-71(103)75(65(97)56(45-86)108-79)114-76-62(83-51(4)90)66(98)72(57(46-87)109-76)112-78-69(101)67(99)64(96)59(111-78)49-107-81(80(104)105)43-54(92)61(82-50(3)89)74(115-81)63(95)55(93)44-85/h19-20,39,41,52-59,61-79,85-88,91-93,95-103H,5-18,21-38,40,42-49H2,1-4H3,(H,82,89)(H,83,90)(H,84,94)(H,104,105)/b20-19-,41-39+/t52-,53+,54?,55+,56?,57?,58?,59?,61+,62?,63+,64-,65-,66+,67-,68+,69?,70?,71?,72+,73+,74?,75-,76-,77+,78-,79-,81+/m0/s1. The molecule has 10 unspecified atom stereocenters. The van der Waals surface area contributed by atoms with Gasteiger partial charge >= 0.3 is 5.97 Å². The molecule has 0 aliphatic carbocycles. The molecule has 115 heavy (non-hydrogen) atoms. The molecular weight excluding hydrogens is 1510 g/mol. The van der Waals surface area contributed by atoms with E-state index in [2.05, 4.69) is 41.9 Å². The Morgan fingerprint density at radius 2 is 0.887 bits per heavy atom. The van der Waals surface area contributed by atoms with Crippen LogP contribution in [0.5, 0.6) is 0 Å². The van der Waals surface area contributed by atoms with Crippen molar-refractivity contribution in [2.45, 2.75) is 424 Å². The van der Waals surface area contributed by atoms with Crippen molar-refractivity contribution in [2.75, 3.05) is 39.6 Å². The summed E-state index contributed by atoms with van der Waals surface area (Å²) in [5, 5.41) is 196. The zero-order chi connectivity index (χ0) is 84.4. The molecular formula is C81H145N3O31. The molecule has 3 amide bonds. The molecule has 28 atom stereocenters. The number of aliphatic hydroxyl groups is 16. The average Bonchev–Trinajstić information content (AvgIpc) is 0.771. The highest BCUT2D eigenvalue weighted by Gasteiger charge is 2.59. The SMILES string of the molecule is CCCCCCCC/C=C\CCCCCCCCCCCCCCCC(=O)N[C@@H](CO[C@@H]1OC(CO)[C@@H](O[C@@H]2OC(CO)[C@H](O)[C@H](O[C@@H]3OC(CO)[C@@H](O[C@@H]4OC(CO[C@]5(C(=O)O)CC(O)[C@@H](NC(C)=O)C([C@H](O)[C@H](O)CO)O5)[C@H](O)[C@H](O)C4O)[C@H](O)C3NC(C)=O)C2O)[C@H](O)C1O)[C@H](O)/C=C/CCCCCCCCCCCCC. The maximum atomic E-state index is 13.6. The maximum Gasteiger partial charge on any atom is 0.364 e. The molecule has 0 aromatic rings. The molecule has 0 saturated carbocycles. The number of ether oxygens (including phenoxy) is 10. The van der Waals surface area contributed by atoms with E-state index in [0.717, 1.165) is 65.2 Å². The lowest BCUT2D eigenvalue weighted by molar-refractivity contribution is -0.383. The first-order valence-corrected chi connectivity index (χ1v) is 42.7. The number of amides is 3. The highest BCUT2D eigenvalue weighted by atomic mass is 16.8. The van der Waals surface area contributed by atoms with Gasteiger partial charge in [0.1, 0.15) is 116 Å². The maximum absolute atomic E-state index is 13.6. The number of nitrogens with one attached hydrogen (secondary N) is 3. The minimum absolute atomic E-state index is 0.173. The molecule has 5 heterocycles. The van der Waals surface area contributed by atoms with Gasteiger partial charge in [0.2, 0.25) is 17.7 Å². The third-order valence-corrected chi connectivity index (χ3v) is 22.2. The summed E-state index contributed by atoms with van der Waals surface area (Å²) in [5.74, 6) is -6.94. The number of hydrogen-bond acceptors (Lipinski definition) is 30. The lowest BCUT2D eigenvalue weighted by Gasteiger charge is -2.50. The Labute approximate surface area is 677 Å². The number of unbranched alkanes of at least 4 members (excludes halogenated alkanes) is 30. The fourth-order valence-corrected chi connectivity index (χ4v) is 15.3. The second kappa shape index (κ2) is 56.1. The second-order valence-electron chi connectivity index (χ2n) is 31.8. The zero-order valence-electron chi connectivity index (χ0n) is 68.2. The van der Waals surface area contributed by atoms with Crippen molar-refractivity contribution in [1.82, 2.24) is 16.0 Å². The highest BCUT2D eigenvalue weighted by molar-refractivity contribution is 5.77. The predicted octanol–water partition coefficient (Wildman–Crippen LogP) is 1.85. The fourth-order valence-electron chi connectivity index (χ4n) is 15.3. The largest absolute Gasteiger partial charge is 0.477 e. The Morgan fingerprint density at radius 1 is 0.461 bits per heavy atom. The third-order valence-electron chi connectivity index (χ3n) is 22.2. The number of carboxylic acids is 1. The van der Waals surface area contributed by atoms with Crippen molar-refractivity contribution in [2.24, 2.45) is 0 Å². The fraction of sp³-hybridized carbons (Fsp3) is 0.901. The van der Waals surface area contributed by atoms with E-state index in [1.54, 1.807) is 6.08 Å². The molecule has 0 aromatic carbocycles. The van der Waals surface area contributed by atoms with Gasteiger partial charge in [-0.05, 0) is 44.9 Å². The van der Waals surface area contributed by atoms with Crippen LogP contribution in [0.3, 0.4) is 0 Å². The number of hydrogen-bond donors (Lipinski definition) is 20. The van der Waals surface area contributed by atoms with Gasteiger partial charge in [0.05, 0.1) is 63.9 Å². The van der Waals surface area contributed by atoms with Gasteiger partial charge in [-0.25, -0.2) is 4.79 Å². The number of aliphatic carboxylic acids is 1. The van der Waals surface area contributed by atoms with Crippen molar-refractivity contribution in [1.29, 1.82) is 0 Å². The second-order valence-corrected chi connectivity index (χ2v) is 31.8. The summed E-state index contributed by atoms with van der Waals surface area (Å²) in [5.41, 5.74) is 0. The van der Waals surface area contributed by atoms with Crippen molar-refractivity contribution >= 4 is 23.7 Å². The topological polar surface area (TPSA) is 541 Å². The number of allylic oxidation sites excluding steroid dienone is 3. The van der Waals surface area contributed by atoms with E-state index in [4.69, 9.17) is 47.4 Å². The van der Waals surface area contributed by atoms with Crippen LogP contribution in [0.1, 0.15) is 252 Å². The quantitative estimate of drug-likeness (QED) is 0.0305. The predicted molar refractivity (Wildman–Crippen MR) is 415 cm³/mol. The molecule has 34 nitrogen and oxygen atoms in total. The summed E-state index contributed by atoms with van der Waals surface area (Å²) in [6, 6.07) is -4.50. The van der Waals surface area contributed by atoms with E-state index in [9.17, 15) is 106 Å². The first kappa shape index (κ1) is 102. The average molecular weight is 1660 g/mol. The lowest BCUT2D eigenvalue weighted by Crippen LogP contribution is -2.70. The summed E-state index contributed by atoms with van der Waals surface area (Å²) < 4.78 is 58.7. The molecule has 34 heteroatoms. The van der Waals surface area contributed by atoms with Gasteiger partial charge in [0.25, 0.3) is 5.79 Å². The third kappa shape index (κ3) is 33.9. The van der Waals surface area contributed by atoms with Crippen LogP contribution in [-0.4, -0.2) is 321 Å². The summed E-state index contributed by atoms with van der Waals surface area (Å²) in [6.07, 6.45) is -1.21. The van der Waals surface area contributed by atoms with E-state index in [1.807, 2.05) is 6.08 Å². The monoisotopic (exact) mass is 1660 g/mol. The number of carbonyl (C=O) groups excluding carboxylic acids is 3. The zero-order valence-corrected chi connectivity index (χ0v) is 68.2. The minimum atomic E-state index is -2.98. The summed E-state index contributed by atoms with van der Waals surface area (Å²) in [6.45, 7) is 0.791. The Morgan fingerprint density at radius 3 is 1.37 bits per heavy atom. The van der Waals surface area contributed by atoms with Gasteiger partial charge in [-0.15, -0.1) is 0 Å². The van der Waals surface area contributed by atoms with Crippen LogP contribution < -0.4 is 16.0 Å². The van der Waals surface area contributed by atoms with Crippen molar-refractivity contribution in [3.8, 4) is 0 Å². The van der Waals surface area contributed by atoms with E-state index in [-0.39, 0.29) is 12.3 Å². The van der Waals surface area contributed by atoms with Crippen molar-refractivity contribution in [3.63, 3.8) is 0 Å². The molecule has 0 radical (unpaired) electrons. The molecule has 5 aliphatic rings. The van der Waals surface area contributed by atoms with Crippen LogP contribution in [-0.2, 0) is 66.5 Å². The Bertz CT molecular complexity index is 2700. The van der Waals surface area contributed by atoms with E-state index >= 15 is 0 Å². The van der Waals surface area contributed by atoms with Crippen LogP contribution in [0.15, 0.2) is 24.3 Å². The van der Waals surface area contributed by atoms with Gasteiger partial charge in [0.15, 0.2) is 25.2 Å². The Kier molecular flexibility index (Phi) is 49.7. The molecule has 0 aromatic heterocycles. The molecule has 20 N–H and O–H groups in total. The van der Waals surface area contributed by atoms with E-state index in [1.165, 1.54) is 148 Å².